The van der Waals surface area contributed by atoms with E-state index in [4.69, 9.17) is 4.74 Å². The van der Waals surface area contributed by atoms with Gasteiger partial charge < -0.3 is 10.1 Å². The van der Waals surface area contributed by atoms with Gasteiger partial charge in [-0.3, -0.25) is 4.79 Å². The van der Waals surface area contributed by atoms with Crippen molar-refractivity contribution in [1.29, 1.82) is 0 Å². The minimum atomic E-state index is -0.0886. The van der Waals surface area contributed by atoms with Gasteiger partial charge in [0.05, 0.1) is 0 Å². The summed E-state index contributed by atoms with van der Waals surface area (Å²) in [5.74, 6) is 2.19. The number of nitrogens with one attached hydrogen (secondary N) is 1. The van der Waals surface area contributed by atoms with E-state index < -0.39 is 0 Å². The van der Waals surface area contributed by atoms with Gasteiger partial charge in [0.15, 0.2) is 0 Å². The molecule has 0 spiro atoms. The molecule has 0 bridgehead atoms. The highest BCUT2D eigenvalue weighted by atomic mass is 16.5. The Morgan fingerprint density at radius 3 is 1.96 bits per heavy atom. The number of ether oxygens (including phenoxy) is 1. The van der Waals surface area contributed by atoms with Gasteiger partial charge in [0.25, 0.3) is 5.91 Å². The average Bonchev–Trinajstić information content (AvgIpc) is 2.92. The average molecular weight is 323 g/mol. The highest BCUT2D eigenvalue weighted by Gasteiger charge is 2.14. The molecule has 0 unspecified atom stereocenters. The van der Waals surface area contributed by atoms with Gasteiger partial charge in [0.2, 0.25) is 0 Å². The molecule has 0 aliphatic heterocycles. The summed E-state index contributed by atoms with van der Waals surface area (Å²) in [4.78, 5) is 11.5. The Labute approximate surface area is 144 Å². The number of benzene rings is 2. The molecule has 1 aliphatic carbocycles. The van der Waals surface area contributed by atoms with Crippen molar-refractivity contribution >= 4 is 5.91 Å². The summed E-state index contributed by atoms with van der Waals surface area (Å²) < 4.78 is 5.88. The minimum absolute atomic E-state index is 0.0886. The van der Waals surface area contributed by atoms with Crippen molar-refractivity contribution < 1.29 is 9.53 Å². The molecule has 0 atom stereocenters. The van der Waals surface area contributed by atoms with Crippen LogP contribution in [0.25, 0.3) is 0 Å². The van der Waals surface area contributed by atoms with E-state index in [2.05, 4.69) is 17.4 Å². The highest BCUT2D eigenvalue weighted by molar-refractivity contribution is 5.94. The Balaban J connectivity index is 1.64. The lowest BCUT2D eigenvalue weighted by molar-refractivity contribution is 0.0963. The van der Waals surface area contributed by atoms with Crippen LogP contribution in [-0.2, 0) is 0 Å². The fourth-order valence-electron chi connectivity index (χ4n) is 3.38. The Morgan fingerprint density at radius 2 is 1.42 bits per heavy atom. The molecule has 1 fully saturated rings. The van der Waals surface area contributed by atoms with Crippen molar-refractivity contribution in [1.82, 2.24) is 5.32 Å². The molecule has 0 aromatic heterocycles. The van der Waals surface area contributed by atoms with Gasteiger partial charge in [0, 0.05) is 12.6 Å². The molecule has 24 heavy (non-hydrogen) atoms. The third-order valence-corrected chi connectivity index (χ3v) is 4.79. The van der Waals surface area contributed by atoms with Crippen molar-refractivity contribution in [3.8, 4) is 11.5 Å². The van der Waals surface area contributed by atoms with Crippen LogP contribution in [0.3, 0.4) is 0 Å². The van der Waals surface area contributed by atoms with Crippen LogP contribution in [-0.4, -0.2) is 13.0 Å². The first-order valence-corrected chi connectivity index (χ1v) is 8.86. The van der Waals surface area contributed by atoms with Crippen molar-refractivity contribution in [3.05, 3.63) is 59.7 Å². The van der Waals surface area contributed by atoms with Gasteiger partial charge >= 0.3 is 0 Å². The summed E-state index contributed by atoms with van der Waals surface area (Å²) in [6.07, 6.45) is 8.07. The molecule has 2 aromatic carbocycles. The van der Waals surface area contributed by atoms with E-state index in [1.165, 1.54) is 44.1 Å². The first-order chi connectivity index (χ1) is 11.8. The minimum Gasteiger partial charge on any atom is -0.457 e. The Bertz CT molecular complexity index is 653. The molecule has 1 amide bonds. The van der Waals surface area contributed by atoms with Gasteiger partial charge in [-0.1, -0.05) is 37.8 Å². The normalized spacial score (nSPS) is 15.5. The molecular weight excluding hydrogens is 298 g/mol. The Morgan fingerprint density at radius 1 is 0.875 bits per heavy atom. The summed E-state index contributed by atoms with van der Waals surface area (Å²) in [5, 5.41) is 2.61. The lowest BCUT2D eigenvalue weighted by Crippen LogP contribution is -2.17. The summed E-state index contributed by atoms with van der Waals surface area (Å²) >= 11 is 0. The van der Waals surface area contributed by atoms with Gasteiger partial charge in [-0.15, -0.1) is 0 Å². The number of rotatable bonds is 4. The molecule has 3 nitrogen and oxygen atoms in total. The number of hydrogen-bond acceptors (Lipinski definition) is 2. The number of hydrogen-bond donors (Lipinski definition) is 1. The molecular formula is C21H25NO2. The molecule has 1 saturated carbocycles. The summed E-state index contributed by atoms with van der Waals surface area (Å²) in [6, 6.07) is 15.7. The van der Waals surface area contributed by atoms with Crippen LogP contribution in [0.4, 0.5) is 0 Å². The fourth-order valence-corrected chi connectivity index (χ4v) is 3.38. The maximum Gasteiger partial charge on any atom is 0.251 e. The zero-order chi connectivity index (χ0) is 16.8. The van der Waals surface area contributed by atoms with Crippen molar-refractivity contribution in [2.24, 2.45) is 0 Å². The smallest absolute Gasteiger partial charge is 0.251 e. The quantitative estimate of drug-likeness (QED) is 0.778. The van der Waals surface area contributed by atoms with E-state index in [-0.39, 0.29) is 5.91 Å². The molecule has 1 N–H and O–H groups in total. The van der Waals surface area contributed by atoms with Crippen LogP contribution in [0.15, 0.2) is 48.5 Å². The largest absolute Gasteiger partial charge is 0.457 e. The summed E-state index contributed by atoms with van der Waals surface area (Å²) in [6.45, 7) is 0. The van der Waals surface area contributed by atoms with Gasteiger partial charge in [0.1, 0.15) is 11.5 Å². The molecule has 0 radical (unpaired) electrons. The third kappa shape index (κ3) is 4.16. The first-order valence-electron chi connectivity index (χ1n) is 8.86. The number of carbonyl (C=O) groups is 1. The first kappa shape index (κ1) is 16.6. The lowest BCUT2D eigenvalue weighted by atomic mass is 9.92. The van der Waals surface area contributed by atoms with E-state index in [1.807, 2.05) is 24.3 Å². The van der Waals surface area contributed by atoms with Crippen molar-refractivity contribution in [2.75, 3.05) is 7.05 Å². The number of carbonyl (C=O) groups excluding carboxylic acids is 1. The van der Waals surface area contributed by atoms with Crippen LogP contribution in [0.1, 0.15) is 60.4 Å². The summed E-state index contributed by atoms with van der Waals surface area (Å²) in [7, 11) is 1.63. The van der Waals surface area contributed by atoms with E-state index >= 15 is 0 Å². The zero-order valence-electron chi connectivity index (χ0n) is 14.3. The maximum absolute atomic E-state index is 11.5. The predicted octanol–water partition coefficient (Wildman–Crippen LogP) is 5.28. The van der Waals surface area contributed by atoms with Gasteiger partial charge in [-0.05, 0) is 60.7 Å². The van der Waals surface area contributed by atoms with E-state index in [0.717, 1.165) is 11.5 Å². The van der Waals surface area contributed by atoms with Crippen LogP contribution in [0.2, 0.25) is 0 Å². The monoisotopic (exact) mass is 323 g/mol. The van der Waals surface area contributed by atoms with Crippen LogP contribution >= 0.6 is 0 Å². The predicted molar refractivity (Wildman–Crippen MR) is 96.8 cm³/mol. The van der Waals surface area contributed by atoms with Crippen LogP contribution in [0.5, 0.6) is 11.5 Å². The topological polar surface area (TPSA) is 38.3 Å². The van der Waals surface area contributed by atoms with E-state index in [1.54, 1.807) is 19.2 Å². The van der Waals surface area contributed by atoms with Crippen LogP contribution in [0, 0.1) is 0 Å². The highest BCUT2D eigenvalue weighted by Crippen LogP contribution is 2.33. The van der Waals surface area contributed by atoms with E-state index in [0.29, 0.717) is 11.5 Å². The molecule has 3 rings (SSSR count). The fraction of sp³-hybridized carbons (Fsp3) is 0.381. The third-order valence-electron chi connectivity index (χ3n) is 4.79. The molecule has 0 saturated heterocycles. The second kappa shape index (κ2) is 8.00. The van der Waals surface area contributed by atoms with Crippen molar-refractivity contribution in [3.63, 3.8) is 0 Å². The second-order valence-corrected chi connectivity index (χ2v) is 6.46. The Hall–Kier alpha value is -2.29. The summed E-state index contributed by atoms with van der Waals surface area (Å²) in [5.41, 5.74) is 2.06. The number of amides is 1. The van der Waals surface area contributed by atoms with Crippen LogP contribution < -0.4 is 10.1 Å². The lowest BCUT2D eigenvalue weighted by Gasteiger charge is -2.15. The standard InChI is InChI=1S/C21H25NO2/c1-22-21(23)18-10-14-20(15-11-18)24-19-12-8-17(9-13-19)16-6-4-2-3-5-7-16/h8-16H,2-7H2,1H3,(H,22,23). The van der Waals surface area contributed by atoms with Gasteiger partial charge in [-0.25, -0.2) is 0 Å². The Kier molecular flexibility index (Phi) is 5.52. The second-order valence-electron chi connectivity index (χ2n) is 6.46. The molecule has 126 valence electrons. The zero-order valence-corrected chi connectivity index (χ0v) is 14.3. The molecule has 1 aliphatic rings. The van der Waals surface area contributed by atoms with Gasteiger partial charge in [-0.2, -0.15) is 0 Å². The van der Waals surface area contributed by atoms with Crippen molar-refractivity contribution in [2.45, 2.75) is 44.4 Å². The molecule has 0 heterocycles. The SMILES string of the molecule is CNC(=O)c1ccc(Oc2ccc(C3CCCCCC3)cc2)cc1. The van der Waals surface area contributed by atoms with E-state index in [9.17, 15) is 4.79 Å². The molecule has 2 aromatic rings. The molecule has 3 heteroatoms. The maximum atomic E-state index is 11.5.